The predicted octanol–water partition coefficient (Wildman–Crippen LogP) is 2.24. The maximum atomic E-state index is 14.0. The molecular weight excluding hydrogens is 356 g/mol. The fraction of sp³-hybridized carbons (Fsp3) is 0.211. The van der Waals surface area contributed by atoms with Crippen LogP contribution in [0, 0.1) is 11.6 Å². The third kappa shape index (κ3) is 3.79. The van der Waals surface area contributed by atoms with Crippen LogP contribution in [-0.4, -0.2) is 15.5 Å². The molecule has 140 valence electrons. The number of H-pyrrole nitrogens is 1. The lowest BCUT2D eigenvalue weighted by atomic mass is 10.0. The summed E-state index contributed by atoms with van der Waals surface area (Å²) in [4.78, 5) is 39.5. The van der Waals surface area contributed by atoms with E-state index in [1.807, 2.05) is 0 Å². The number of hydrogen-bond acceptors (Lipinski definition) is 3. The molecule has 1 atom stereocenters. The van der Waals surface area contributed by atoms with Gasteiger partial charge in [0.25, 0.3) is 5.56 Å². The molecule has 2 N–H and O–H groups in total. The molecule has 1 amide bonds. The Morgan fingerprint density at radius 2 is 1.93 bits per heavy atom. The van der Waals surface area contributed by atoms with Crippen molar-refractivity contribution < 1.29 is 13.6 Å². The fourth-order valence-corrected chi connectivity index (χ4v) is 2.91. The molecule has 3 rings (SSSR count). The lowest BCUT2D eigenvalue weighted by molar-refractivity contribution is -0.122. The van der Waals surface area contributed by atoms with Gasteiger partial charge in [-0.05, 0) is 24.6 Å². The molecule has 1 heterocycles. The van der Waals surface area contributed by atoms with Crippen LogP contribution in [0.25, 0.3) is 10.9 Å². The van der Waals surface area contributed by atoms with Gasteiger partial charge in [0.05, 0.1) is 16.9 Å². The largest absolute Gasteiger partial charge is 0.348 e. The Morgan fingerprint density at radius 1 is 1.19 bits per heavy atom. The minimum Gasteiger partial charge on any atom is -0.348 e. The summed E-state index contributed by atoms with van der Waals surface area (Å²) in [5, 5.41) is 2.86. The minimum absolute atomic E-state index is 0.131. The van der Waals surface area contributed by atoms with Crippen LogP contribution < -0.4 is 16.6 Å². The van der Waals surface area contributed by atoms with E-state index >= 15 is 0 Å². The number of nitrogens with zero attached hydrogens (tertiary/aromatic N) is 1. The molecule has 0 saturated carbocycles. The minimum atomic E-state index is -0.775. The number of carbonyl (C=O) groups is 1. The SMILES string of the molecule is CCC(NC(=O)Cn1c(=O)[nH]c2ccccc2c1=O)c1ccc(F)cc1F. The normalized spacial score (nSPS) is 12.1. The summed E-state index contributed by atoms with van der Waals surface area (Å²) in [6, 6.07) is 8.85. The van der Waals surface area contributed by atoms with Crippen LogP contribution in [0.4, 0.5) is 8.78 Å². The molecule has 0 fully saturated rings. The topological polar surface area (TPSA) is 84.0 Å². The van der Waals surface area contributed by atoms with E-state index in [4.69, 9.17) is 0 Å². The number of benzene rings is 2. The standard InChI is InChI=1S/C19H17F2N3O3/c1-2-15(12-8-7-11(20)9-14(12)21)22-17(25)10-24-18(26)13-5-3-4-6-16(13)23-19(24)27/h3-9,15H,2,10H2,1H3,(H,22,25)(H,23,27). The summed E-state index contributed by atoms with van der Waals surface area (Å²) in [5.74, 6) is -2.12. The third-order valence-corrected chi connectivity index (χ3v) is 4.27. The number of halogens is 2. The Hall–Kier alpha value is -3.29. The second-order valence-corrected chi connectivity index (χ2v) is 6.06. The highest BCUT2D eigenvalue weighted by Crippen LogP contribution is 2.20. The van der Waals surface area contributed by atoms with E-state index in [9.17, 15) is 23.2 Å². The van der Waals surface area contributed by atoms with Gasteiger partial charge in [-0.25, -0.2) is 13.6 Å². The Kier molecular flexibility index (Phi) is 5.16. The van der Waals surface area contributed by atoms with Gasteiger partial charge in [0, 0.05) is 11.6 Å². The number of rotatable bonds is 5. The zero-order chi connectivity index (χ0) is 19.6. The van der Waals surface area contributed by atoms with Crippen LogP contribution in [0.15, 0.2) is 52.1 Å². The molecule has 1 unspecified atom stereocenters. The monoisotopic (exact) mass is 373 g/mol. The van der Waals surface area contributed by atoms with E-state index in [2.05, 4.69) is 10.3 Å². The molecule has 6 nitrogen and oxygen atoms in total. The highest BCUT2D eigenvalue weighted by molar-refractivity contribution is 5.79. The first-order valence-corrected chi connectivity index (χ1v) is 8.37. The zero-order valence-corrected chi connectivity index (χ0v) is 14.5. The Morgan fingerprint density at radius 3 is 2.63 bits per heavy atom. The van der Waals surface area contributed by atoms with E-state index in [-0.39, 0.29) is 10.9 Å². The molecule has 8 heteroatoms. The lowest BCUT2D eigenvalue weighted by Gasteiger charge is -2.18. The number of para-hydroxylation sites is 1. The van der Waals surface area contributed by atoms with Gasteiger partial charge in [0.15, 0.2) is 0 Å². The van der Waals surface area contributed by atoms with Crippen LogP contribution in [0.1, 0.15) is 24.9 Å². The van der Waals surface area contributed by atoms with Crippen molar-refractivity contribution >= 4 is 16.8 Å². The van der Waals surface area contributed by atoms with Gasteiger partial charge in [0.2, 0.25) is 5.91 Å². The van der Waals surface area contributed by atoms with Crippen molar-refractivity contribution in [1.29, 1.82) is 0 Å². The molecule has 3 aromatic rings. The van der Waals surface area contributed by atoms with Crippen LogP contribution in [0.5, 0.6) is 0 Å². The first kappa shape index (κ1) is 18.5. The molecule has 0 saturated heterocycles. The average Bonchev–Trinajstić information content (AvgIpc) is 2.63. The third-order valence-electron chi connectivity index (χ3n) is 4.27. The van der Waals surface area contributed by atoms with Gasteiger partial charge in [0.1, 0.15) is 18.2 Å². The average molecular weight is 373 g/mol. The van der Waals surface area contributed by atoms with E-state index in [0.717, 1.165) is 16.7 Å². The Labute approximate surface area is 152 Å². The van der Waals surface area contributed by atoms with E-state index in [1.165, 1.54) is 6.07 Å². The summed E-state index contributed by atoms with van der Waals surface area (Å²) in [7, 11) is 0. The molecule has 0 radical (unpaired) electrons. The highest BCUT2D eigenvalue weighted by Gasteiger charge is 2.18. The second-order valence-electron chi connectivity index (χ2n) is 6.06. The summed E-state index contributed by atoms with van der Waals surface area (Å²) >= 11 is 0. The van der Waals surface area contributed by atoms with Gasteiger partial charge in [-0.3, -0.25) is 14.2 Å². The van der Waals surface area contributed by atoms with Gasteiger partial charge in [-0.15, -0.1) is 0 Å². The summed E-state index contributed by atoms with van der Waals surface area (Å²) in [5.41, 5.74) is -0.795. The molecule has 2 aromatic carbocycles. The van der Waals surface area contributed by atoms with E-state index in [1.54, 1.807) is 31.2 Å². The number of aromatic nitrogens is 2. The number of aromatic amines is 1. The van der Waals surface area contributed by atoms with Crippen molar-refractivity contribution in [2.75, 3.05) is 0 Å². The number of nitrogens with one attached hydrogen (secondary N) is 2. The van der Waals surface area contributed by atoms with Crippen molar-refractivity contribution in [3.8, 4) is 0 Å². The first-order chi connectivity index (χ1) is 12.9. The Balaban J connectivity index is 1.86. The van der Waals surface area contributed by atoms with E-state index in [0.29, 0.717) is 11.9 Å². The summed E-state index contributed by atoms with van der Waals surface area (Å²) in [6.07, 6.45) is 0.345. The maximum absolute atomic E-state index is 14.0. The van der Waals surface area contributed by atoms with Crippen molar-refractivity contribution in [2.24, 2.45) is 0 Å². The molecule has 0 spiro atoms. The van der Waals surface area contributed by atoms with Gasteiger partial charge < -0.3 is 10.3 Å². The van der Waals surface area contributed by atoms with Crippen LogP contribution in [0.2, 0.25) is 0 Å². The maximum Gasteiger partial charge on any atom is 0.329 e. The van der Waals surface area contributed by atoms with Crippen molar-refractivity contribution in [3.05, 3.63) is 80.5 Å². The fourth-order valence-electron chi connectivity index (χ4n) is 2.91. The number of hydrogen-bond donors (Lipinski definition) is 2. The summed E-state index contributed by atoms with van der Waals surface area (Å²) in [6.45, 7) is 1.21. The number of fused-ring (bicyclic) bond motifs is 1. The van der Waals surface area contributed by atoms with Gasteiger partial charge in [-0.1, -0.05) is 25.1 Å². The van der Waals surface area contributed by atoms with E-state index < -0.39 is 41.4 Å². The van der Waals surface area contributed by atoms with Gasteiger partial charge in [-0.2, -0.15) is 0 Å². The van der Waals surface area contributed by atoms with Crippen LogP contribution in [-0.2, 0) is 11.3 Å². The second kappa shape index (κ2) is 7.53. The van der Waals surface area contributed by atoms with Gasteiger partial charge >= 0.3 is 5.69 Å². The molecule has 27 heavy (non-hydrogen) atoms. The first-order valence-electron chi connectivity index (χ1n) is 8.37. The Bertz CT molecular complexity index is 1120. The smallest absolute Gasteiger partial charge is 0.329 e. The van der Waals surface area contributed by atoms with Crippen LogP contribution in [0.3, 0.4) is 0 Å². The quantitative estimate of drug-likeness (QED) is 0.719. The van der Waals surface area contributed by atoms with Crippen molar-refractivity contribution in [2.45, 2.75) is 25.9 Å². The van der Waals surface area contributed by atoms with Crippen LogP contribution >= 0.6 is 0 Å². The molecular formula is C19H17F2N3O3. The molecule has 0 aliphatic rings. The molecule has 0 aliphatic carbocycles. The summed E-state index contributed by atoms with van der Waals surface area (Å²) < 4.78 is 27.8. The number of carbonyl (C=O) groups excluding carboxylic acids is 1. The molecule has 0 aliphatic heterocycles. The van der Waals surface area contributed by atoms with Crippen molar-refractivity contribution in [1.82, 2.24) is 14.9 Å². The predicted molar refractivity (Wildman–Crippen MR) is 96.4 cm³/mol. The highest BCUT2D eigenvalue weighted by atomic mass is 19.1. The van der Waals surface area contributed by atoms with Crippen molar-refractivity contribution in [3.63, 3.8) is 0 Å². The molecule has 1 aromatic heterocycles. The zero-order valence-electron chi connectivity index (χ0n) is 14.5. The lowest BCUT2D eigenvalue weighted by Crippen LogP contribution is -2.41. The molecule has 0 bridgehead atoms. The number of amides is 1.